The number of allylic oxidation sites excluding steroid dienone is 1. The van der Waals surface area contributed by atoms with Gasteiger partial charge in [0.15, 0.2) is 5.78 Å². The van der Waals surface area contributed by atoms with Crippen molar-refractivity contribution >= 4 is 69.6 Å². The van der Waals surface area contributed by atoms with Crippen molar-refractivity contribution in [3.63, 3.8) is 0 Å². The number of carbonyl (C=O) groups excluding carboxylic acids is 6. The van der Waals surface area contributed by atoms with Gasteiger partial charge in [0.05, 0.1) is 19.4 Å². The SMILES string of the molecule is C=C(C)C(=O)Cl.C=CC1(O)CCC(=O)OC1.C=CC1(OC(=O)C(=C)C)CCOC(=O)C1.O=C1CCC(=O)OC1.[Br-].[CH-]=C.[Mg+2]. The van der Waals surface area contributed by atoms with Gasteiger partial charge in [0.2, 0.25) is 5.24 Å². The Balaban J connectivity index is -0.000000239. The minimum atomic E-state index is -0.978. The average molecular weight is 702 g/mol. The fourth-order valence-electron chi connectivity index (χ4n) is 2.67. The number of ketones is 1. The zero-order valence-electron chi connectivity index (χ0n) is 24.6. The molecule has 3 saturated heterocycles. The molecule has 0 saturated carbocycles. The average Bonchev–Trinajstić information content (AvgIpc) is 2.94. The molecular weight excluding hydrogens is 664 g/mol. The van der Waals surface area contributed by atoms with Gasteiger partial charge >= 0.3 is 46.9 Å². The van der Waals surface area contributed by atoms with E-state index in [0.717, 1.165) is 0 Å². The molecule has 11 nitrogen and oxygen atoms in total. The summed E-state index contributed by atoms with van der Waals surface area (Å²) in [5.74, 6) is -1.37. The van der Waals surface area contributed by atoms with Crippen LogP contribution in [0.25, 0.3) is 0 Å². The van der Waals surface area contributed by atoms with Crippen molar-refractivity contribution in [3.05, 3.63) is 62.8 Å². The van der Waals surface area contributed by atoms with Crippen molar-refractivity contribution in [2.45, 2.75) is 63.6 Å². The Bertz CT molecular complexity index is 978. The standard InChI is InChI=1S/C11H14O4.C7H10O3.C5H6O3.C4H5ClO.C2H3.BrH.Mg/c1-4-11(15-10(13)8(2)3)5-6-14-9(12)7-11;1-2-7(9)4-3-6(8)10-5-7;6-4-1-2-5(7)8-3-4;1-3(2)4(5)6;1-2;;/h4H,1-2,5-7H2,3H3;2,9H,1,3-5H2;1-3H2;1H2,2H3;1H,2H2;1H;/q;;;;-1;;+2/p-1. The Morgan fingerprint density at radius 3 is 1.77 bits per heavy atom. The first-order valence-electron chi connectivity index (χ1n) is 12.2. The van der Waals surface area contributed by atoms with Crippen molar-refractivity contribution in [2.24, 2.45) is 0 Å². The minimum absolute atomic E-state index is 0. The van der Waals surface area contributed by atoms with Crippen molar-refractivity contribution in [2.75, 3.05) is 19.8 Å². The number of Topliss-reactive ketones (excluding diaryl/α,β-unsaturated/α-hetero) is 1. The second kappa shape index (κ2) is 24.8. The van der Waals surface area contributed by atoms with E-state index in [2.05, 4.69) is 48.9 Å². The molecule has 43 heavy (non-hydrogen) atoms. The molecule has 2 unspecified atom stereocenters. The molecule has 0 amide bonds. The molecule has 236 valence electrons. The molecule has 0 spiro atoms. The summed E-state index contributed by atoms with van der Waals surface area (Å²) < 4.78 is 19.0. The summed E-state index contributed by atoms with van der Waals surface area (Å²) in [6.45, 7) is 24.2. The molecule has 3 aliphatic rings. The van der Waals surface area contributed by atoms with Gasteiger partial charge in [-0.1, -0.05) is 25.8 Å². The first kappa shape index (κ1) is 47.3. The van der Waals surface area contributed by atoms with Gasteiger partial charge in [0, 0.05) is 30.4 Å². The van der Waals surface area contributed by atoms with Gasteiger partial charge in [0.1, 0.15) is 24.4 Å². The number of carbonyl (C=O) groups is 6. The number of cyclic esters (lactones) is 3. The molecule has 0 aliphatic carbocycles. The molecule has 0 radical (unpaired) electrons. The summed E-state index contributed by atoms with van der Waals surface area (Å²) in [6, 6.07) is 0. The fourth-order valence-corrected chi connectivity index (χ4v) is 2.67. The van der Waals surface area contributed by atoms with Crippen LogP contribution in [-0.2, 0) is 47.7 Å². The van der Waals surface area contributed by atoms with Crippen LogP contribution in [0.5, 0.6) is 0 Å². The first-order chi connectivity index (χ1) is 19.1. The number of aliphatic hydroxyl groups is 1. The molecule has 2 atom stereocenters. The van der Waals surface area contributed by atoms with Gasteiger partial charge in [-0.05, 0) is 37.9 Å². The molecular formula is C29H38BrClMgO11. The second-order valence-corrected chi connectivity index (χ2v) is 9.15. The maximum atomic E-state index is 11.4. The van der Waals surface area contributed by atoms with E-state index in [4.69, 9.17) is 21.1 Å². The van der Waals surface area contributed by atoms with E-state index in [1.807, 2.05) is 0 Å². The van der Waals surface area contributed by atoms with Crippen LogP contribution in [0.4, 0.5) is 0 Å². The predicted octanol–water partition coefficient (Wildman–Crippen LogP) is 0.0570. The Labute approximate surface area is 284 Å². The van der Waals surface area contributed by atoms with Crippen molar-refractivity contribution in [1.29, 1.82) is 0 Å². The maximum Gasteiger partial charge on any atom is 2.00 e. The van der Waals surface area contributed by atoms with Crippen LogP contribution in [0.1, 0.15) is 52.4 Å². The monoisotopic (exact) mass is 700 g/mol. The third-order valence-electron chi connectivity index (χ3n) is 5.21. The number of hydrogen-bond acceptors (Lipinski definition) is 11. The zero-order chi connectivity index (χ0) is 32.2. The van der Waals surface area contributed by atoms with E-state index in [1.54, 1.807) is 13.8 Å². The van der Waals surface area contributed by atoms with E-state index in [-0.39, 0.29) is 103 Å². The summed E-state index contributed by atoms with van der Waals surface area (Å²) in [6.07, 6.45) is 4.69. The van der Waals surface area contributed by atoms with Crippen molar-refractivity contribution < 1.29 is 69.8 Å². The molecule has 14 heteroatoms. The van der Waals surface area contributed by atoms with E-state index in [9.17, 15) is 33.9 Å². The molecule has 0 aromatic rings. The van der Waals surface area contributed by atoms with Crippen LogP contribution in [0.3, 0.4) is 0 Å². The molecule has 0 aromatic carbocycles. The normalized spacial score (nSPS) is 21.5. The summed E-state index contributed by atoms with van der Waals surface area (Å²) >= 11 is 4.87. The molecule has 0 bridgehead atoms. The Kier molecular flexibility index (Phi) is 27.3. The van der Waals surface area contributed by atoms with Gasteiger partial charge in [-0.3, -0.25) is 30.6 Å². The smallest absolute Gasteiger partial charge is 1.00 e. The topological polar surface area (TPSA) is 160 Å². The third-order valence-corrected chi connectivity index (χ3v) is 5.53. The van der Waals surface area contributed by atoms with Gasteiger partial charge in [-0.25, -0.2) is 4.79 Å². The van der Waals surface area contributed by atoms with Crippen LogP contribution in [-0.4, -0.2) is 94.1 Å². The largest absolute Gasteiger partial charge is 2.00 e. The van der Waals surface area contributed by atoms with E-state index >= 15 is 0 Å². The minimum Gasteiger partial charge on any atom is -1.00 e. The summed E-state index contributed by atoms with van der Waals surface area (Å²) in [7, 11) is 0. The van der Waals surface area contributed by atoms with Crippen LogP contribution in [0.2, 0.25) is 0 Å². The number of rotatable bonds is 5. The van der Waals surface area contributed by atoms with Gasteiger partial charge in [0.25, 0.3) is 0 Å². The Morgan fingerprint density at radius 2 is 1.44 bits per heavy atom. The zero-order valence-corrected chi connectivity index (χ0v) is 28.4. The van der Waals surface area contributed by atoms with E-state index in [0.29, 0.717) is 30.4 Å². The van der Waals surface area contributed by atoms with Crippen molar-refractivity contribution in [3.8, 4) is 0 Å². The number of halogens is 2. The molecule has 3 fully saturated rings. The number of ether oxygens (including phenoxy) is 4. The summed E-state index contributed by atoms with van der Waals surface area (Å²) in [5, 5.41) is 8.94. The van der Waals surface area contributed by atoms with Gasteiger partial charge in [-0.2, -0.15) is 0 Å². The fraction of sp³-hybridized carbons (Fsp3) is 0.448. The predicted molar refractivity (Wildman–Crippen MR) is 156 cm³/mol. The third kappa shape index (κ3) is 21.7. The number of hydrogen-bond donors (Lipinski definition) is 1. The van der Waals surface area contributed by atoms with E-state index < -0.39 is 22.4 Å². The van der Waals surface area contributed by atoms with Gasteiger partial charge in [-0.15, -0.1) is 6.58 Å². The second-order valence-electron chi connectivity index (χ2n) is 8.81. The van der Waals surface area contributed by atoms with Gasteiger partial charge < -0.3 is 47.6 Å². The van der Waals surface area contributed by atoms with Crippen molar-refractivity contribution in [1.82, 2.24) is 0 Å². The molecule has 3 rings (SSSR count). The molecule has 3 aliphatic heterocycles. The molecule has 1 N–H and O–H groups in total. The number of esters is 4. The first-order valence-corrected chi connectivity index (χ1v) is 12.6. The Morgan fingerprint density at radius 1 is 0.907 bits per heavy atom. The maximum absolute atomic E-state index is 11.4. The Hall–Kier alpha value is -2.58. The molecule has 0 aromatic heterocycles. The van der Waals surface area contributed by atoms with Crippen LogP contribution in [0, 0.1) is 6.58 Å². The summed E-state index contributed by atoms with van der Waals surface area (Å²) in [4.78, 5) is 63.3. The van der Waals surface area contributed by atoms with Crippen LogP contribution < -0.4 is 17.0 Å². The summed E-state index contributed by atoms with van der Waals surface area (Å²) in [5.41, 5.74) is -1.22. The van der Waals surface area contributed by atoms with E-state index in [1.165, 1.54) is 12.2 Å². The van der Waals surface area contributed by atoms with Crippen LogP contribution in [0.15, 0.2) is 56.2 Å². The van der Waals surface area contributed by atoms with Crippen LogP contribution >= 0.6 is 11.6 Å². The quantitative estimate of drug-likeness (QED) is 0.0786. The molecule has 3 heterocycles.